The highest BCUT2D eigenvalue weighted by atomic mass is 19.1. The summed E-state index contributed by atoms with van der Waals surface area (Å²) in [6.07, 6.45) is 1.19. The zero-order valence-corrected chi connectivity index (χ0v) is 11.8. The van der Waals surface area contributed by atoms with Crippen LogP contribution in [0.3, 0.4) is 0 Å². The number of nitrogens with zero attached hydrogens (tertiary/aromatic N) is 1. The van der Waals surface area contributed by atoms with Gasteiger partial charge >= 0.3 is 5.97 Å². The SMILES string of the molecule is O=C(O)[C@@H]1CC[C@H](C(=O)N2CCc3c(F)cc(F)cc3C2)N1. The summed E-state index contributed by atoms with van der Waals surface area (Å²) in [5, 5.41) is 11.7. The van der Waals surface area contributed by atoms with Crippen molar-refractivity contribution >= 4 is 11.9 Å². The third kappa shape index (κ3) is 2.68. The molecule has 1 fully saturated rings. The minimum atomic E-state index is -0.969. The number of halogens is 2. The second kappa shape index (κ2) is 5.64. The first-order chi connectivity index (χ1) is 10.5. The fourth-order valence-corrected chi connectivity index (χ4v) is 3.15. The van der Waals surface area contributed by atoms with Crippen molar-refractivity contribution < 1.29 is 23.5 Å². The van der Waals surface area contributed by atoms with E-state index in [1.165, 1.54) is 11.0 Å². The van der Waals surface area contributed by atoms with E-state index in [0.717, 1.165) is 6.07 Å². The largest absolute Gasteiger partial charge is 0.480 e. The lowest BCUT2D eigenvalue weighted by atomic mass is 9.98. The number of benzene rings is 1. The molecule has 7 heteroatoms. The Morgan fingerprint density at radius 3 is 2.64 bits per heavy atom. The minimum absolute atomic E-state index is 0.152. The molecule has 5 nitrogen and oxygen atoms in total. The molecule has 1 amide bonds. The van der Waals surface area contributed by atoms with Gasteiger partial charge in [0.25, 0.3) is 0 Å². The molecule has 2 N–H and O–H groups in total. The number of carboxylic acids is 1. The topological polar surface area (TPSA) is 69.6 Å². The van der Waals surface area contributed by atoms with Crippen LogP contribution in [0.4, 0.5) is 8.78 Å². The Morgan fingerprint density at radius 2 is 1.95 bits per heavy atom. The Labute approximate surface area is 125 Å². The third-order valence-corrected chi connectivity index (χ3v) is 4.30. The summed E-state index contributed by atoms with van der Waals surface area (Å²) >= 11 is 0. The molecule has 0 bridgehead atoms. The van der Waals surface area contributed by atoms with Crippen molar-refractivity contribution in [2.45, 2.75) is 37.9 Å². The maximum atomic E-state index is 13.7. The van der Waals surface area contributed by atoms with Gasteiger partial charge in [-0.25, -0.2) is 8.78 Å². The molecule has 0 spiro atoms. The Balaban J connectivity index is 1.72. The van der Waals surface area contributed by atoms with Crippen molar-refractivity contribution in [2.75, 3.05) is 6.54 Å². The Bertz CT molecular complexity index is 635. The van der Waals surface area contributed by atoms with Crippen molar-refractivity contribution in [3.8, 4) is 0 Å². The van der Waals surface area contributed by atoms with Gasteiger partial charge in [0.1, 0.15) is 17.7 Å². The molecule has 2 aliphatic heterocycles. The van der Waals surface area contributed by atoms with E-state index in [4.69, 9.17) is 5.11 Å². The second-order valence-corrected chi connectivity index (χ2v) is 5.72. The van der Waals surface area contributed by atoms with Crippen LogP contribution in [0.25, 0.3) is 0 Å². The molecular formula is C15H16F2N2O3. The molecule has 2 aliphatic rings. The van der Waals surface area contributed by atoms with Gasteiger partial charge in [-0.3, -0.25) is 14.9 Å². The van der Waals surface area contributed by atoms with Gasteiger partial charge in [0, 0.05) is 19.2 Å². The van der Waals surface area contributed by atoms with Crippen LogP contribution in [0, 0.1) is 11.6 Å². The summed E-state index contributed by atoms with van der Waals surface area (Å²) in [5.41, 5.74) is 0.929. The van der Waals surface area contributed by atoms with Crippen LogP contribution in [0.5, 0.6) is 0 Å². The van der Waals surface area contributed by atoms with Crippen LogP contribution in [-0.4, -0.2) is 40.5 Å². The molecule has 0 radical (unpaired) electrons. The van der Waals surface area contributed by atoms with Crippen LogP contribution in [0.2, 0.25) is 0 Å². The third-order valence-electron chi connectivity index (χ3n) is 4.30. The lowest BCUT2D eigenvalue weighted by Gasteiger charge is -2.31. The first-order valence-corrected chi connectivity index (χ1v) is 7.20. The van der Waals surface area contributed by atoms with Crippen LogP contribution in [-0.2, 0) is 22.6 Å². The van der Waals surface area contributed by atoms with E-state index in [9.17, 15) is 18.4 Å². The van der Waals surface area contributed by atoms with E-state index >= 15 is 0 Å². The molecule has 0 aliphatic carbocycles. The molecule has 0 saturated carbocycles. The summed E-state index contributed by atoms with van der Waals surface area (Å²) in [5.74, 6) is -2.41. The maximum Gasteiger partial charge on any atom is 0.320 e. The summed E-state index contributed by atoms with van der Waals surface area (Å²) in [7, 11) is 0. The number of carbonyl (C=O) groups is 2. The van der Waals surface area contributed by atoms with E-state index in [-0.39, 0.29) is 12.5 Å². The highest BCUT2D eigenvalue weighted by molar-refractivity contribution is 5.84. The number of amides is 1. The Kier molecular flexibility index (Phi) is 3.82. The number of aliphatic carboxylic acids is 1. The van der Waals surface area contributed by atoms with Crippen LogP contribution in [0.1, 0.15) is 24.0 Å². The smallest absolute Gasteiger partial charge is 0.320 e. The number of carbonyl (C=O) groups excluding carboxylic acids is 1. The van der Waals surface area contributed by atoms with Crippen molar-refractivity contribution in [1.29, 1.82) is 0 Å². The summed E-state index contributed by atoms with van der Waals surface area (Å²) in [4.78, 5) is 24.9. The molecule has 2 heterocycles. The molecule has 0 aromatic heterocycles. The number of rotatable bonds is 2. The number of hydrogen-bond donors (Lipinski definition) is 2. The fourth-order valence-electron chi connectivity index (χ4n) is 3.15. The lowest BCUT2D eigenvalue weighted by Crippen LogP contribution is -2.48. The van der Waals surface area contributed by atoms with E-state index in [0.29, 0.717) is 36.9 Å². The second-order valence-electron chi connectivity index (χ2n) is 5.72. The first kappa shape index (κ1) is 14.9. The summed E-state index contributed by atoms with van der Waals surface area (Å²) in [6, 6.07) is 0.855. The molecule has 22 heavy (non-hydrogen) atoms. The average Bonchev–Trinajstić information content (AvgIpc) is 2.95. The van der Waals surface area contributed by atoms with Gasteiger partial charge in [-0.05, 0) is 36.5 Å². The molecular weight excluding hydrogens is 294 g/mol. The quantitative estimate of drug-likeness (QED) is 0.857. The zero-order chi connectivity index (χ0) is 15.9. The Morgan fingerprint density at radius 1 is 1.23 bits per heavy atom. The van der Waals surface area contributed by atoms with E-state index in [2.05, 4.69) is 5.32 Å². The number of nitrogens with one attached hydrogen (secondary N) is 1. The maximum absolute atomic E-state index is 13.7. The number of fused-ring (bicyclic) bond motifs is 1. The van der Waals surface area contributed by atoms with Crippen LogP contribution >= 0.6 is 0 Å². The predicted octanol–water partition coefficient (Wildman–Crippen LogP) is 1.05. The monoisotopic (exact) mass is 310 g/mol. The van der Waals surface area contributed by atoms with Gasteiger partial charge in [-0.1, -0.05) is 0 Å². The predicted molar refractivity (Wildman–Crippen MR) is 73.1 cm³/mol. The summed E-state index contributed by atoms with van der Waals surface area (Å²) < 4.78 is 27.0. The van der Waals surface area contributed by atoms with E-state index in [1.807, 2.05) is 0 Å². The van der Waals surface area contributed by atoms with Gasteiger partial charge in [-0.2, -0.15) is 0 Å². The van der Waals surface area contributed by atoms with Crippen LogP contribution in [0.15, 0.2) is 12.1 Å². The molecule has 1 saturated heterocycles. The molecule has 3 rings (SSSR count). The lowest BCUT2D eigenvalue weighted by molar-refractivity contribution is -0.139. The van der Waals surface area contributed by atoms with E-state index < -0.39 is 29.7 Å². The number of hydrogen-bond acceptors (Lipinski definition) is 3. The van der Waals surface area contributed by atoms with Gasteiger partial charge < -0.3 is 10.0 Å². The van der Waals surface area contributed by atoms with Crippen molar-refractivity contribution in [2.24, 2.45) is 0 Å². The molecule has 118 valence electrons. The highest BCUT2D eigenvalue weighted by Gasteiger charge is 2.36. The summed E-state index contributed by atoms with van der Waals surface area (Å²) in [6.45, 7) is 0.503. The molecule has 1 aromatic rings. The average molecular weight is 310 g/mol. The first-order valence-electron chi connectivity index (χ1n) is 7.20. The van der Waals surface area contributed by atoms with E-state index in [1.54, 1.807) is 0 Å². The van der Waals surface area contributed by atoms with Gasteiger partial charge in [0.15, 0.2) is 0 Å². The molecule has 2 atom stereocenters. The van der Waals surface area contributed by atoms with Crippen molar-refractivity contribution in [3.05, 3.63) is 34.9 Å². The minimum Gasteiger partial charge on any atom is -0.480 e. The van der Waals surface area contributed by atoms with Gasteiger partial charge in [0.2, 0.25) is 5.91 Å². The molecule has 0 unspecified atom stereocenters. The van der Waals surface area contributed by atoms with Crippen molar-refractivity contribution in [1.82, 2.24) is 10.2 Å². The van der Waals surface area contributed by atoms with Crippen LogP contribution < -0.4 is 5.32 Å². The Hall–Kier alpha value is -2.02. The normalized spacial score (nSPS) is 24.2. The number of carboxylic acid groups (broad SMARTS) is 1. The van der Waals surface area contributed by atoms with Gasteiger partial charge in [-0.15, -0.1) is 0 Å². The zero-order valence-electron chi connectivity index (χ0n) is 11.8. The standard InChI is InChI=1S/C15H16F2N2O3/c16-9-5-8-7-19(4-3-10(8)11(17)6-9)14(20)12-1-2-13(18-12)15(21)22/h5-6,12-13,18H,1-4,7H2,(H,21,22)/t12-,13+/m1/s1. The fraction of sp³-hybridized carbons (Fsp3) is 0.467. The van der Waals surface area contributed by atoms with Crippen molar-refractivity contribution in [3.63, 3.8) is 0 Å². The molecule has 1 aromatic carbocycles. The van der Waals surface area contributed by atoms with Gasteiger partial charge in [0.05, 0.1) is 6.04 Å². The highest BCUT2D eigenvalue weighted by Crippen LogP contribution is 2.25.